The predicted molar refractivity (Wildman–Crippen MR) is 126 cm³/mol. The molecule has 0 saturated heterocycles. The van der Waals surface area contributed by atoms with Crippen molar-refractivity contribution >= 4 is 61.5 Å². The maximum atomic E-state index is 13.2. The molecule has 1 amide bonds. The monoisotopic (exact) mass is 475 g/mol. The van der Waals surface area contributed by atoms with Gasteiger partial charge in [0, 0.05) is 11.4 Å². The van der Waals surface area contributed by atoms with Gasteiger partial charge in [-0.05, 0) is 42.7 Å². The second-order valence-electron chi connectivity index (χ2n) is 6.98. The molecule has 3 heterocycles. The average molecular weight is 476 g/mol. The number of rotatable bonds is 7. The average Bonchev–Trinajstić information content (AvgIpc) is 3.38. The fraction of sp³-hybridized carbons (Fsp3) is 0.333. The molecule has 7 nitrogen and oxygen atoms in total. The molecule has 0 bridgehead atoms. The van der Waals surface area contributed by atoms with Crippen molar-refractivity contribution in [2.24, 2.45) is 0 Å². The number of anilines is 1. The van der Waals surface area contributed by atoms with Gasteiger partial charge in [-0.1, -0.05) is 17.8 Å². The first-order chi connectivity index (χ1) is 15.0. The van der Waals surface area contributed by atoms with Crippen LogP contribution in [0, 0.1) is 0 Å². The van der Waals surface area contributed by atoms with E-state index in [1.165, 1.54) is 35.1 Å². The van der Waals surface area contributed by atoms with Gasteiger partial charge in [-0.25, -0.2) is 9.78 Å². The van der Waals surface area contributed by atoms with Crippen LogP contribution in [0.15, 0.2) is 34.1 Å². The summed E-state index contributed by atoms with van der Waals surface area (Å²) in [7, 11) is 1.30. The molecule has 0 radical (unpaired) electrons. The number of allylic oxidation sites excluding steroid dienone is 1. The van der Waals surface area contributed by atoms with Crippen molar-refractivity contribution in [3.63, 3.8) is 0 Å². The molecular weight excluding hydrogens is 454 g/mol. The second-order valence-corrected chi connectivity index (χ2v) is 9.92. The third-order valence-electron chi connectivity index (χ3n) is 5.01. The number of thioether (sulfide) groups is 1. The summed E-state index contributed by atoms with van der Waals surface area (Å²) in [5, 5.41) is 6.11. The van der Waals surface area contributed by atoms with Crippen molar-refractivity contribution in [3.05, 3.63) is 50.5 Å². The molecule has 3 aromatic rings. The van der Waals surface area contributed by atoms with Gasteiger partial charge in [0.15, 0.2) is 5.16 Å². The van der Waals surface area contributed by atoms with Crippen LogP contribution in [-0.2, 0) is 28.9 Å². The second kappa shape index (κ2) is 9.37. The molecule has 0 atom stereocenters. The number of hydrogen-bond acceptors (Lipinski definition) is 8. The number of aryl methyl sites for hydroxylation is 2. The Morgan fingerprint density at radius 2 is 2.19 bits per heavy atom. The molecule has 0 spiro atoms. The largest absolute Gasteiger partial charge is 0.465 e. The number of amides is 1. The number of methoxy groups -OCH3 is 1. The normalized spacial score (nSPS) is 13.1. The number of nitrogens with one attached hydrogen (secondary N) is 1. The van der Waals surface area contributed by atoms with E-state index in [-0.39, 0.29) is 17.2 Å². The minimum Gasteiger partial charge on any atom is -0.465 e. The van der Waals surface area contributed by atoms with Gasteiger partial charge in [-0.2, -0.15) is 0 Å². The molecule has 4 rings (SSSR count). The smallest absolute Gasteiger partial charge is 0.340 e. The SMILES string of the molecule is C=CCn1c(SCC(=O)Nc2sccc2C(=O)OC)nc2sc3c(c2c1=O)CCCC3. The summed E-state index contributed by atoms with van der Waals surface area (Å²) >= 11 is 4.04. The van der Waals surface area contributed by atoms with E-state index in [1.807, 2.05) is 0 Å². The zero-order chi connectivity index (χ0) is 22.0. The summed E-state index contributed by atoms with van der Waals surface area (Å²) in [6.07, 6.45) is 5.79. The molecule has 0 fully saturated rings. The lowest BCUT2D eigenvalue weighted by Gasteiger charge is -2.12. The minimum atomic E-state index is -0.502. The van der Waals surface area contributed by atoms with Crippen LogP contribution in [0.1, 0.15) is 33.6 Å². The fourth-order valence-corrected chi connectivity index (χ4v) is 6.49. The number of thiophene rings is 2. The summed E-state index contributed by atoms with van der Waals surface area (Å²) < 4.78 is 6.32. The molecule has 0 unspecified atom stereocenters. The van der Waals surface area contributed by atoms with Gasteiger partial charge in [-0.15, -0.1) is 29.3 Å². The van der Waals surface area contributed by atoms with Crippen LogP contribution in [0.5, 0.6) is 0 Å². The lowest BCUT2D eigenvalue weighted by molar-refractivity contribution is -0.113. The maximum absolute atomic E-state index is 13.2. The highest BCUT2D eigenvalue weighted by Gasteiger charge is 2.22. The fourth-order valence-electron chi connectivity index (χ4n) is 3.59. The molecule has 1 aliphatic rings. The molecule has 0 aromatic carbocycles. The molecule has 0 aliphatic heterocycles. The Morgan fingerprint density at radius 3 is 2.97 bits per heavy atom. The minimum absolute atomic E-state index is 0.0543. The standard InChI is InChI=1S/C21H21N3O4S3/c1-3-9-24-19(26)16-12-6-4-5-7-14(12)31-18(16)23-21(24)30-11-15(25)22-17-13(8-10-29-17)20(27)28-2/h3,8,10H,1,4-7,9,11H2,2H3,(H,22,25). The highest BCUT2D eigenvalue weighted by Crippen LogP contribution is 2.34. The molecule has 10 heteroatoms. The summed E-state index contributed by atoms with van der Waals surface area (Å²) in [5.74, 6) is -0.737. The molecule has 162 valence electrons. The van der Waals surface area contributed by atoms with Gasteiger partial charge in [0.05, 0.1) is 23.8 Å². The van der Waals surface area contributed by atoms with Gasteiger partial charge in [0.1, 0.15) is 9.83 Å². The number of aromatic nitrogens is 2. The zero-order valence-corrected chi connectivity index (χ0v) is 19.4. The van der Waals surface area contributed by atoms with E-state index in [0.29, 0.717) is 22.3 Å². The first kappa shape index (κ1) is 21.8. The van der Waals surface area contributed by atoms with E-state index in [9.17, 15) is 14.4 Å². The van der Waals surface area contributed by atoms with Gasteiger partial charge < -0.3 is 10.1 Å². The molecule has 1 aliphatic carbocycles. The van der Waals surface area contributed by atoms with Crippen LogP contribution >= 0.6 is 34.4 Å². The molecule has 3 aromatic heterocycles. The first-order valence-electron chi connectivity index (χ1n) is 9.78. The number of fused-ring (bicyclic) bond motifs is 3. The van der Waals surface area contributed by atoms with E-state index >= 15 is 0 Å². The zero-order valence-electron chi connectivity index (χ0n) is 16.9. The third kappa shape index (κ3) is 4.32. The summed E-state index contributed by atoms with van der Waals surface area (Å²) in [5.41, 5.74) is 1.39. The van der Waals surface area contributed by atoms with E-state index in [4.69, 9.17) is 9.72 Å². The van der Waals surface area contributed by atoms with Crippen molar-refractivity contribution in [2.75, 3.05) is 18.2 Å². The Hall–Kier alpha value is -2.43. The summed E-state index contributed by atoms with van der Waals surface area (Å²) in [6, 6.07) is 1.61. The van der Waals surface area contributed by atoms with Crippen LogP contribution in [0.25, 0.3) is 10.2 Å². The Morgan fingerprint density at radius 1 is 1.39 bits per heavy atom. The van der Waals surface area contributed by atoms with E-state index in [1.54, 1.807) is 33.4 Å². The Labute approximate surface area is 191 Å². The Bertz CT molecular complexity index is 1220. The van der Waals surface area contributed by atoms with Crippen LogP contribution in [0.3, 0.4) is 0 Å². The number of carbonyl (C=O) groups excluding carboxylic acids is 2. The number of hydrogen-bond donors (Lipinski definition) is 1. The van der Waals surface area contributed by atoms with Crippen molar-refractivity contribution in [3.8, 4) is 0 Å². The molecule has 0 saturated carbocycles. The van der Waals surface area contributed by atoms with E-state index in [0.717, 1.165) is 41.5 Å². The quantitative estimate of drug-likeness (QED) is 0.239. The highest BCUT2D eigenvalue weighted by atomic mass is 32.2. The Kier molecular flexibility index (Phi) is 6.59. The maximum Gasteiger partial charge on any atom is 0.340 e. The molecule has 31 heavy (non-hydrogen) atoms. The predicted octanol–water partition coefficient (Wildman–Crippen LogP) is 4.10. The van der Waals surface area contributed by atoms with Crippen molar-refractivity contribution < 1.29 is 14.3 Å². The topological polar surface area (TPSA) is 90.3 Å². The van der Waals surface area contributed by atoms with Crippen LogP contribution in [0.2, 0.25) is 0 Å². The van der Waals surface area contributed by atoms with Crippen LogP contribution in [0.4, 0.5) is 5.00 Å². The van der Waals surface area contributed by atoms with E-state index < -0.39 is 5.97 Å². The lowest BCUT2D eigenvalue weighted by atomic mass is 9.97. The van der Waals surface area contributed by atoms with Crippen LogP contribution in [-0.4, -0.2) is 34.3 Å². The summed E-state index contributed by atoms with van der Waals surface area (Å²) in [6.45, 7) is 4.08. The lowest BCUT2D eigenvalue weighted by Crippen LogP contribution is -2.24. The van der Waals surface area contributed by atoms with E-state index in [2.05, 4.69) is 11.9 Å². The van der Waals surface area contributed by atoms with Gasteiger partial charge in [-0.3, -0.25) is 14.2 Å². The molecule has 1 N–H and O–H groups in total. The first-order valence-corrected chi connectivity index (χ1v) is 12.5. The van der Waals surface area contributed by atoms with Crippen molar-refractivity contribution in [1.82, 2.24) is 9.55 Å². The van der Waals surface area contributed by atoms with Gasteiger partial charge in [0.2, 0.25) is 5.91 Å². The third-order valence-corrected chi connectivity index (χ3v) is 8.00. The van der Waals surface area contributed by atoms with Crippen LogP contribution < -0.4 is 10.9 Å². The highest BCUT2D eigenvalue weighted by molar-refractivity contribution is 7.99. The Balaban J connectivity index is 1.58. The van der Waals surface area contributed by atoms with Crippen molar-refractivity contribution in [1.29, 1.82) is 0 Å². The summed E-state index contributed by atoms with van der Waals surface area (Å²) in [4.78, 5) is 44.3. The number of nitrogens with zero attached hydrogens (tertiary/aromatic N) is 2. The van der Waals surface area contributed by atoms with Crippen molar-refractivity contribution in [2.45, 2.75) is 37.4 Å². The number of esters is 1. The number of carbonyl (C=O) groups is 2. The van der Waals surface area contributed by atoms with Gasteiger partial charge in [0.25, 0.3) is 5.56 Å². The van der Waals surface area contributed by atoms with Gasteiger partial charge >= 0.3 is 5.97 Å². The number of ether oxygens (including phenoxy) is 1. The molecular formula is C21H21N3O4S3.